The number of Topliss-reactive ketones (excluding diaryl/α,β-unsaturated/α-hetero) is 1. The topological polar surface area (TPSA) is 29.1 Å². The number of halogens is 3. The molecule has 1 aromatic carbocycles. The first-order valence-corrected chi connectivity index (χ1v) is 6.47. The highest BCUT2D eigenvalue weighted by Crippen LogP contribution is 2.30. The third-order valence-electron chi connectivity index (χ3n) is 2.86. The Morgan fingerprint density at radius 1 is 1.20 bits per heavy atom. The summed E-state index contributed by atoms with van der Waals surface area (Å²) < 4.78 is 37.6. The summed E-state index contributed by atoms with van der Waals surface area (Å²) in [5.74, 6) is -0.145. The van der Waals surface area contributed by atoms with E-state index in [1.165, 1.54) is 13.0 Å². The highest BCUT2D eigenvalue weighted by atomic mass is 19.4. The van der Waals surface area contributed by atoms with Crippen molar-refractivity contribution in [1.29, 1.82) is 0 Å². The van der Waals surface area contributed by atoms with Crippen LogP contribution in [0.25, 0.3) is 0 Å². The third-order valence-corrected chi connectivity index (χ3v) is 2.86. The number of alkyl halides is 3. The van der Waals surface area contributed by atoms with Gasteiger partial charge in [-0.25, -0.2) is 0 Å². The number of aryl methyl sites for hydroxylation is 1. The molecule has 112 valence electrons. The predicted molar refractivity (Wildman–Crippen MR) is 72.9 cm³/mol. The van der Waals surface area contributed by atoms with Crippen LogP contribution in [0.3, 0.4) is 0 Å². The Kier molecular flexibility index (Phi) is 4.97. The SMILES string of the molecule is Cc1cc(C(F)(F)F)ccc1C(=O)CCNC(C)(C)C. The van der Waals surface area contributed by atoms with Gasteiger partial charge in [-0.1, -0.05) is 6.07 Å². The van der Waals surface area contributed by atoms with Gasteiger partial charge in [0, 0.05) is 24.1 Å². The van der Waals surface area contributed by atoms with Crippen LogP contribution < -0.4 is 5.32 Å². The summed E-state index contributed by atoms with van der Waals surface area (Å²) in [7, 11) is 0. The van der Waals surface area contributed by atoms with E-state index in [0.29, 0.717) is 17.7 Å². The van der Waals surface area contributed by atoms with E-state index < -0.39 is 11.7 Å². The summed E-state index contributed by atoms with van der Waals surface area (Å²) in [5, 5.41) is 3.18. The molecule has 0 saturated carbocycles. The number of carbonyl (C=O) groups excluding carboxylic acids is 1. The second-order valence-electron chi connectivity index (χ2n) is 5.88. The molecule has 0 spiro atoms. The zero-order valence-electron chi connectivity index (χ0n) is 12.2. The number of nitrogens with one attached hydrogen (secondary N) is 1. The molecule has 20 heavy (non-hydrogen) atoms. The maximum absolute atomic E-state index is 12.5. The minimum Gasteiger partial charge on any atom is -0.312 e. The third kappa shape index (κ3) is 4.96. The lowest BCUT2D eigenvalue weighted by Gasteiger charge is -2.20. The van der Waals surface area contributed by atoms with Crippen molar-refractivity contribution < 1.29 is 18.0 Å². The zero-order chi connectivity index (χ0) is 15.6. The van der Waals surface area contributed by atoms with Crippen LogP contribution in [-0.4, -0.2) is 17.9 Å². The van der Waals surface area contributed by atoms with E-state index in [0.717, 1.165) is 12.1 Å². The summed E-state index contributed by atoms with van der Waals surface area (Å²) >= 11 is 0. The quantitative estimate of drug-likeness (QED) is 0.849. The van der Waals surface area contributed by atoms with Gasteiger partial charge in [0.15, 0.2) is 5.78 Å². The average molecular weight is 287 g/mol. The number of benzene rings is 1. The Hall–Kier alpha value is -1.36. The number of rotatable bonds is 4. The van der Waals surface area contributed by atoms with E-state index in [4.69, 9.17) is 0 Å². The molecular weight excluding hydrogens is 267 g/mol. The van der Waals surface area contributed by atoms with Crippen molar-refractivity contribution in [3.05, 3.63) is 34.9 Å². The smallest absolute Gasteiger partial charge is 0.312 e. The van der Waals surface area contributed by atoms with Crippen LogP contribution in [-0.2, 0) is 6.18 Å². The Labute approximate surface area is 117 Å². The van der Waals surface area contributed by atoms with Crippen LogP contribution in [0, 0.1) is 6.92 Å². The molecule has 0 aromatic heterocycles. The van der Waals surface area contributed by atoms with Crippen molar-refractivity contribution in [2.75, 3.05) is 6.54 Å². The fourth-order valence-corrected chi connectivity index (χ4v) is 1.84. The number of ketones is 1. The number of hydrogen-bond acceptors (Lipinski definition) is 2. The normalized spacial score (nSPS) is 12.6. The van der Waals surface area contributed by atoms with E-state index >= 15 is 0 Å². The van der Waals surface area contributed by atoms with Crippen LogP contribution in [0.4, 0.5) is 13.2 Å². The molecule has 2 nitrogen and oxygen atoms in total. The van der Waals surface area contributed by atoms with Crippen LogP contribution in [0.1, 0.15) is 48.7 Å². The van der Waals surface area contributed by atoms with E-state index in [2.05, 4.69) is 5.32 Å². The summed E-state index contributed by atoms with van der Waals surface area (Å²) in [5.41, 5.74) is -0.0937. The standard InChI is InChI=1S/C15H20F3NO/c1-10-9-11(15(16,17)18)5-6-12(10)13(20)7-8-19-14(2,3)4/h5-6,9,19H,7-8H2,1-4H3. The Morgan fingerprint density at radius 3 is 2.25 bits per heavy atom. The summed E-state index contributed by atoms with van der Waals surface area (Å²) in [4.78, 5) is 12.0. The van der Waals surface area contributed by atoms with E-state index in [-0.39, 0.29) is 17.7 Å². The molecule has 1 N–H and O–H groups in total. The second kappa shape index (κ2) is 5.95. The highest BCUT2D eigenvalue weighted by molar-refractivity contribution is 5.97. The first kappa shape index (κ1) is 16.7. The van der Waals surface area contributed by atoms with Crippen LogP contribution in [0.2, 0.25) is 0 Å². The predicted octanol–water partition coefficient (Wildman–Crippen LogP) is 3.97. The maximum Gasteiger partial charge on any atom is 0.416 e. The largest absolute Gasteiger partial charge is 0.416 e. The lowest BCUT2D eigenvalue weighted by molar-refractivity contribution is -0.137. The van der Waals surface area contributed by atoms with Crippen molar-refractivity contribution in [3.8, 4) is 0 Å². The Balaban J connectivity index is 2.75. The van der Waals surface area contributed by atoms with Gasteiger partial charge in [-0.2, -0.15) is 13.2 Å². The zero-order valence-corrected chi connectivity index (χ0v) is 12.2. The van der Waals surface area contributed by atoms with Crippen LogP contribution in [0.5, 0.6) is 0 Å². The van der Waals surface area contributed by atoms with Gasteiger partial charge < -0.3 is 5.32 Å². The maximum atomic E-state index is 12.5. The fourth-order valence-electron chi connectivity index (χ4n) is 1.84. The van der Waals surface area contributed by atoms with Crippen molar-refractivity contribution in [2.24, 2.45) is 0 Å². The molecule has 0 saturated heterocycles. The molecule has 1 rings (SSSR count). The molecule has 0 amide bonds. The minimum atomic E-state index is -4.37. The molecule has 0 bridgehead atoms. The summed E-state index contributed by atoms with van der Waals surface area (Å²) in [6.07, 6.45) is -4.11. The van der Waals surface area contributed by atoms with E-state index in [1.54, 1.807) is 0 Å². The van der Waals surface area contributed by atoms with Gasteiger partial charge >= 0.3 is 6.18 Å². The Bertz CT molecular complexity index is 487. The van der Waals surface area contributed by atoms with Gasteiger partial charge in [-0.15, -0.1) is 0 Å². The van der Waals surface area contributed by atoms with E-state index in [9.17, 15) is 18.0 Å². The minimum absolute atomic E-state index is 0.0878. The monoisotopic (exact) mass is 287 g/mol. The van der Waals surface area contributed by atoms with Crippen LogP contribution >= 0.6 is 0 Å². The highest BCUT2D eigenvalue weighted by Gasteiger charge is 2.30. The number of hydrogen-bond donors (Lipinski definition) is 1. The Morgan fingerprint density at radius 2 is 1.80 bits per heavy atom. The van der Waals surface area contributed by atoms with Gasteiger partial charge in [0.2, 0.25) is 0 Å². The summed E-state index contributed by atoms with van der Waals surface area (Å²) in [6, 6.07) is 3.24. The van der Waals surface area contributed by atoms with E-state index in [1.807, 2.05) is 20.8 Å². The molecule has 0 aliphatic heterocycles. The first-order chi connectivity index (χ1) is 9.00. The molecule has 5 heteroatoms. The molecule has 1 aromatic rings. The molecule has 0 heterocycles. The molecule has 0 aliphatic rings. The second-order valence-corrected chi connectivity index (χ2v) is 5.88. The first-order valence-electron chi connectivity index (χ1n) is 6.47. The molecule has 0 radical (unpaired) electrons. The van der Waals surface area contributed by atoms with Gasteiger partial charge in [0.05, 0.1) is 5.56 Å². The van der Waals surface area contributed by atoms with Crippen molar-refractivity contribution in [2.45, 2.75) is 45.8 Å². The summed E-state index contributed by atoms with van der Waals surface area (Å²) in [6.45, 7) is 7.99. The van der Waals surface area contributed by atoms with Crippen LogP contribution in [0.15, 0.2) is 18.2 Å². The lowest BCUT2D eigenvalue weighted by atomic mass is 9.99. The average Bonchev–Trinajstić information content (AvgIpc) is 2.25. The number of carbonyl (C=O) groups is 1. The van der Waals surface area contributed by atoms with Gasteiger partial charge in [0.1, 0.15) is 0 Å². The molecular formula is C15H20F3NO. The van der Waals surface area contributed by atoms with Gasteiger partial charge in [-0.05, 0) is 45.4 Å². The van der Waals surface area contributed by atoms with Crippen molar-refractivity contribution >= 4 is 5.78 Å². The molecule has 0 fully saturated rings. The van der Waals surface area contributed by atoms with Gasteiger partial charge in [-0.3, -0.25) is 4.79 Å². The fraction of sp³-hybridized carbons (Fsp3) is 0.533. The van der Waals surface area contributed by atoms with Gasteiger partial charge in [0.25, 0.3) is 0 Å². The molecule has 0 unspecified atom stereocenters. The molecule has 0 atom stereocenters. The van der Waals surface area contributed by atoms with Crippen molar-refractivity contribution in [3.63, 3.8) is 0 Å². The lowest BCUT2D eigenvalue weighted by Crippen LogP contribution is -2.37. The van der Waals surface area contributed by atoms with Crippen molar-refractivity contribution in [1.82, 2.24) is 5.32 Å². The molecule has 0 aliphatic carbocycles.